The number of hydrogen-bond donors (Lipinski definition) is 3. The maximum atomic E-state index is 13.9. The fourth-order valence-electron chi connectivity index (χ4n) is 4.60. The zero-order valence-electron chi connectivity index (χ0n) is 24.1. The van der Waals surface area contributed by atoms with E-state index in [0.717, 1.165) is 36.4 Å². The summed E-state index contributed by atoms with van der Waals surface area (Å²) in [5, 5.41) is 17.0. The molecule has 0 heterocycles. The number of aliphatic hydroxyl groups excluding tert-OH is 1. The standard InChI is InChI=1S/C31H39F2N3O5S/c1-4-22-7-5-8-23(15-22)20-34-21-30(37)29(18-24-16-26(32)19-27(33)17-24)35-31(38)25-9-11-28(12-10-25)36(42(3,39)40)13-6-14-41-2/h5,7-12,15-17,19,29-30,34,37H,4,6,13-14,18,20-21H2,1-3H3,(H,35,38). The highest BCUT2D eigenvalue weighted by atomic mass is 32.2. The zero-order chi connectivity index (χ0) is 30.7. The Morgan fingerprint density at radius 2 is 1.67 bits per heavy atom. The molecule has 0 spiro atoms. The van der Waals surface area contributed by atoms with Gasteiger partial charge in [-0.2, -0.15) is 0 Å². The van der Waals surface area contributed by atoms with Crippen LogP contribution < -0.4 is 14.9 Å². The number of amides is 1. The van der Waals surface area contributed by atoms with E-state index in [0.29, 0.717) is 25.3 Å². The van der Waals surface area contributed by atoms with E-state index in [2.05, 4.69) is 23.6 Å². The topological polar surface area (TPSA) is 108 Å². The minimum absolute atomic E-state index is 0.0198. The Kier molecular flexibility index (Phi) is 12.4. The highest BCUT2D eigenvalue weighted by molar-refractivity contribution is 7.92. The third kappa shape index (κ3) is 10.2. The normalized spacial score (nSPS) is 13.0. The average Bonchev–Trinajstić information content (AvgIpc) is 2.94. The molecular weight excluding hydrogens is 564 g/mol. The van der Waals surface area contributed by atoms with Crippen LogP contribution in [0.25, 0.3) is 0 Å². The largest absolute Gasteiger partial charge is 0.390 e. The smallest absolute Gasteiger partial charge is 0.251 e. The van der Waals surface area contributed by atoms with Gasteiger partial charge in [0.1, 0.15) is 11.6 Å². The number of halogens is 2. The molecule has 0 fully saturated rings. The lowest BCUT2D eigenvalue weighted by Crippen LogP contribution is -2.48. The maximum Gasteiger partial charge on any atom is 0.251 e. The third-order valence-corrected chi connectivity index (χ3v) is 7.96. The monoisotopic (exact) mass is 603 g/mol. The summed E-state index contributed by atoms with van der Waals surface area (Å²) in [4.78, 5) is 13.2. The first kappa shape index (κ1) is 33.1. The van der Waals surface area contributed by atoms with Gasteiger partial charge in [0.2, 0.25) is 10.0 Å². The third-order valence-electron chi connectivity index (χ3n) is 6.77. The molecule has 8 nitrogen and oxygen atoms in total. The van der Waals surface area contributed by atoms with Crippen LogP contribution in [0.2, 0.25) is 0 Å². The van der Waals surface area contributed by atoms with Crippen LogP contribution in [0.15, 0.2) is 66.7 Å². The van der Waals surface area contributed by atoms with Gasteiger partial charge in [-0.1, -0.05) is 31.2 Å². The first-order chi connectivity index (χ1) is 20.0. The fourth-order valence-corrected chi connectivity index (χ4v) is 5.57. The van der Waals surface area contributed by atoms with Gasteiger partial charge in [0.05, 0.1) is 24.1 Å². The summed E-state index contributed by atoms with van der Waals surface area (Å²) in [6.45, 7) is 3.28. The second-order valence-electron chi connectivity index (χ2n) is 10.2. The first-order valence-corrected chi connectivity index (χ1v) is 15.6. The van der Waals surface area contributed by atoms with Gasteiger partial charge in [-0.25, -0.2) is 17.2 Å². The van der Waals surface area contributed by atoms with E-state index in [1.807, 2.05) is 18.2 Å². The first-order valence-electron chi connectivity index (χ1n) is 13.8. The van der Waals surface area contributed by atoms with E-state index in [4.69, 9.17) is 4.74 Å². The number of carbonyl (C=O) groups excluding carboxylic acids is 1. The zero-order valence-corrected chi connectivity index (χ0v) is 25.0. The molecule has 3 aromatic rings. The van der Waals surface area contributed by atoms with E-state index in [1.165, 1.54) is 41.2 Å². The molecular formula is C31H39F2N3O5S. The van der Waals surface area contributed by atoms with Crippen molar-refractivity contribution in [1.82, 2.24) is 10.6 Å². The van der Waals surface area contributed by atoms with Crippen LogP contribution in [0, 0.1) is 11.6 Å². The second-order valence-corrected chi connectivity index (χ2v) is 12.1. The quantitative estimate of drug-likeness (QED) is 0.215. The summed E-state index contributed by atoms with van der Waals surface area (Å²) in [6, 6.07) is 16.3. The number of ether oxygens (including phenoxy) is 1. The van der Waals surface area contributed by atoms with Crippen molar-refractivity contribution in [2.45, 2.75) is 44.9 Å². The van der Waals surface area contributed by atoms with Crippen molar-refractivity contribution in [1.29, 1.82) is 0 Å². The lowest BCUT2D eigenvalue weighted by atomic mass is 10.00. The van der Waals surface area contributed by atoms with Crippen molar-refractivity contribution in [2.24, 2.45) is 0 Å². The Morgan fingerprint density at radius 3 is 2.29 bits per heavy atom. The molecule has 3 N–H and O–H groups in total. The number of aryl methyl sites for hydroxylation is 1. The Hall–Kier alpha value is -3.38. The average molecular weight is 604 g/mol. The van der Waals surface area contributed by atoms with Gasteiger partial charge >= 0.3 is 0 Å². The number of nitrogens with one attached hydrogen (secondary N) is 2. The number of benzene rings is 3. The van der Waals surface area contributed by atoms with E-state index >= 15 is 0 Å². The number of hydrogen-bond acceptors (Lipinski definition) is 6. The number of nitrogens with zero attached hydrogens (tertiary/aromatic N) is 1. The molecule has 42 heavy (non-hydrogen) atoms. The summed E-state index contributed by atoms with van der Waals surface area (Å²) in [5.41, 5.74) is 3.14. The van der Waals surface area contributed by atoms with Crippen molar-refractivity contribution in [3.63, 3.8) is 0 Å². The highest BCUT2D eigenvalue weighted by Gasteiger charge is 2.24. The number of rotatable bonds is 16. The molecule has 0 radical (unpaired) electrons. The van der Waals surface area contributed by atoms with E-state index in [-0.39, 0.29) is 30.6 Å². The van der Waals surface area contributed by atoms with Gasteiger partial charge in [-0.15, -0.1) is 0 Å². The molecule has 3 aromatic carbocycles. The summed E-state index contributed by atoms with van der Waals surface area (Å²) < 4.78 is 58.7. The van der Waals surface area contributed by atoms with Crippen LogP contribution >= 0.6 is 0 Å². The molecule has 2 atom stereocenters. The van der Waals surface area contributed by atoms with Crippen LogP contribution in [0.5, 0.6) is 0 Å². The molecule has 0 aliphatic carbocycles. The maximum absolute atomic E-state index is 13.9. The van der Waals surface area contributed by atoms with Gasteiger partial charge in [-0.3, -0.25) is 9.10 Å². The van der Waals surface area contributed by atoms with Crippen LogP contribution in [-0.4, -0.2) is 64.6 Å². The summed E-state index contributed by atoms with van der Waals surface area (Å²) in [7, 11) is -2.02. The van der Waals surface area contributed by atoms with E-state index < -0.39 is 39.7 Å². The molecule has 0 saturated heterocycles. The molecule has 3 rings (SSSR count). The Labute approximate surface area is 246 Å². The van der Waals surface area contributed by atoms with Crippen LogP contribution in [-0.2, 0) is 34.1 Å². The second kappa shape index (κ2) is 15.7. The van der Waals surface area contributed by atoms with Crippen LogP contribution in [0.3, 0.4) is 0 Å². The van der Waals surface area contributed by atoms with Crippen LogP contribution in [0.1, 0.15) is 40.4 Å². The SMILES string of the molecule is CCc1cccc(CNCC(O)C(Cc2cc(F)cc(F)c2)NC(=O)c2ccc(N(CCCOC)S(C)(=O)=O)cc2)c1. The van der Waals surface area contributed by atoms with Crippen LogP contribution in [0.4, 0.5) is 14.5 Å². The Bertz CT molecular complexity index is 1400. The number of sulfonamides is 1. The minimum Gasteiger partial charge on any atom is -0.390 e. The molecule has 1 amide bonds. The van der Waals surface area contributed by atoms with Crippen molar-refractivity contribution >= 4 is 21.6 Å². The fraction of sp³-hybridized carbons (Fsp3) is 0.387. The molecule has 0 aliphatic rings. The molecule has 11 heteroatoms. The van der Waals surface area contributed by atoms with Gasteiger partial charge < -0.3 is 20.5 Å². The number of methoxy groups -OCH3 is 1. The van der Waals surface area contributed by atoms with E-state index in [9.17, 15) is 27.1 Å². The Morgan fingerprint density at radius 1 is 1.00 bits per heavy atom. The highest BCUT2D eigenvalue weighted by Crippen LogP contribution is 2.20. The molecule has 0 aliphatic heterocycles. The van der Waals surface area contributed by atoms with Gasteiger partial charge in [-0.05, 0) is 72.4 Å². The Balaban J connectivity index is 1.74. The number of carbonyl (C=O) groups is 1. The number of anilines is 1. The van der Waals surface area contributed by atoms with Gasteiger partial charge in [0, 0.05) is 45.0 Å². The van der Waals surface area contributed by atoms with Gasteiger partial charge in [0.15, 0.2) is 0 Å². The summed E-state index contributed by atoms with van der Waals surface area (Å²) >= 11 is 0. The summed E-state index contributed by atoms with van der Waals surface area (Å²) in [6.07, 6.45) is 1.39. The molecule has 2 unspecified atom stereocenters. The van der Waals surface area contributed by atoms with E-state index in [1.54, 1.807) is 0 Å². The molecule has 0 aromatic heterocycles. The molecule has 0 bridgehead atoms. The van der Waals surface area contributed by atoms with Crippen molar-refractivity contribution in [3.8, 4) is 0 Å². The molecule has 0 saturated carbocycles. The lowest BCUT2D eigenvalue weighted by Gasteiger charge is -2.25. The molecule has 228 valence electrons. The van der Waals surface area contributed by atoms with Crippen molar-refractivity contribution in [2.75, 3.05) is 37.4 Å². The predicted molar refractivity (Wildman–Crippen MR) is 160 cm³/mol. The summed E-state index contributed by atoms with van der Waals surface area (Å²) in [5.74, 6) is -2.03. The number of aliphatic hydroxyl groups is 1. The van der Waals surface area contributed by atoms with Crippen molar-refractivity contribution < 1.29 is 31.8 Å². The lowest BCUT2D eigenvalue weighted by molar-refractivity contribution is 0.0830. The predicted octanol–water partition coefficient (Wildman–Crippen LogP) is 3.82. The minimum atomic E-state index is -3.56. The van der Waals surface area contributed by atoms with Gasteiger partial charge in [0.25, 0.3) is 5.91 Å². The van der Waals surface area contributed by atoms with Crippen molar-refractivity contribution in [3.05, 3.63) is 101 Å².